The Morgan fingerprint density at radius 2 is 1.25 bits per heavy atom. The van der Waals surface area contributed by atoms with E-state index in [4.69, 9.17) is 41.9 Å². The lowest BCUT2D eigenvalue weighted by atomic mass is 9.97. The number of hydrogen-bond donors (Lipinski definition) is 5. The fraction of sp³-hybridized carbons (Fsp3) is 0.278. The molecule has 16 nitrogen and oxygen atoms in total. The van der Waals surface area contributed by atoms with Gasteiger partial charge in [0.2, 0.25) is 11.9 Å². The molecule has 0 saturated heterocycles. The number of nitrogens with one attached hydrogen (secondary N) is 1. The molecule has 0 fully saturated rings. The van der Waals surface area contributed by atoms with E-state index in [0.29, 0.717) is 28.6 Å². The number of aromatic nitrogens is 6. The van der Waals surface area contributed by atoms with Gasteiger partial charge >= 0.3 is 0 Å². The van der Waals surface area contributed by atoms with E-state index >= 15 is 0 Å². The second kappa shape index (κ2) is 16.9. The fourth-order valence-corrected chi connectivity index (χ4v) is 4.87. The number of rotatable bonds is 12. The van der Waals surface area contributed by atoms with Crippen molar-refractivity contribution in [3.05, 3.63) is 78.1 Å². The van der Waals surface area contributed by atoms with Crippen molar-refractivity contribution in [1.29, 1.82) is 0 Å². The molecule has 2 aromatic carbocycles. The minimum absolute atomic E-state index is 0.0587. The predicted molar refractivity (Wildman–Crippen MR) is 201 cm³/mol. The molecule has 0 spiro atoms. The summed E-state index contributed by atoms with van der Waals surface area (Å²) in [6.45, 7) is 8.16. The number of H-pyrrole nitrogens is 1. The monoisotopic (exact) mass is 711 g/mol. The third kappa shape index (κ3) is 9.35. The summed E-state index contributed by atoms with van der Waals surface area (Å²) in [5, 5.41) is 0. The zero-order valence-electron chi connectivity index (χ0n) is 30.5. The van der Waals surface area contributed by atoms with Crippen molar-refractivity contribution >= 4 is 29.3 Å². The summed E-state index contributed by atoms with van der Waals surface area (Å²) in [5.41, 5.74) is 26.7. The SMILES string of the molecule is COc1cc(C(C)C)c(Oc2cnc(N)nc2N)cc1-c1cnc[nH]1.COc1cc(C(C)C)c(Oc2cnc(N)nc2N)cc1C(=O)/C=C/N(C)C. The molecule has 0 aliphatic rings. The van der Waals surface area contributed by atoms with Crippen LogP contribution in [0.25, 0.3) is 11.3 Å². The highest BCUT2D eigenvalue weighted by Gasteiger charge is 2.20. The molecule has 0 aliphatic heterocycles. The van der Waals surface area contributed by atoms with Gasteiger partial charge in [0.05, 0.1) is 50.4 Å². The maximum atomic E-state index is 12.6. The fourth-order valence-electron chi connectivity index (χ4n) is 4.87. The topological polar surface area (TPSA) is 242 Å². The molecule has 0 radical (unpaired) electrons. The summed E-state index contributed by atoms with van der Waals surface area (Å²) in [5.74, 6) is 3.50. The minimum Gasteiger partial charge on any atom is -0.496 e. The van der Waals surface area contributed by atoms with Gasteiger partial charge in [0, 0.05) is 43.1 Å². The van der Waals surface area contributed by atoms with E-state index in [1.165, 1.54) is 25.6 Å². The van der Waals surface area contributed by atoms with Crippen LogP contribution in [0.3, 0.4) is 0 Å². The predicted octanol–water partition coefficient (Wildman–Crippen LogP) is 5.78. The van der Waals surface area contributed by atoms with Gasteiger partial charge in [-0.1, -0.05) is 27.7 Å². The third-order valence-electron chi connectivity index (χ3n) is 7.53. The number of anilines is 4. The lowest BCUT2D eigenvalue weighted by Crippen LogP contribution is -2.07. The Balaban J connectivity index is 0.000000233. The Morgan fingerprint density at radius 3 is 1.69 bits per heavy atom. The second-order valence-corrected chi connectivity index (χ2v) is 12.3. The average Bonchev–Trinajstić information content (AvgIpc) is 3.64. The Labute approximate surface area is 302 Å². The van der Waals surface area contributed by atoms with Crippen molar-refractivity contribution in [3.8, 4) is 45.8 Å². The minimum atomic E-state index is -0.206. The lowest BCUT2D eigenvalue weighted by Gasteiger charge is -2.18. The van der Waals surface area contributed by atoms with E-state index < -0.39 is 0 Å². The third-order valence-corrected chi connectivity index (χ3v) is 7.53. The highest BCUT2D eigenvalue weighted by molar-refractivity contribution is 6.07. The first-order chi connectivity index (χ1) is 24.7. The largest absolute Gasteiger partial charge is 0.496 e. The van der Waals surface area contributed by atoms with Gasteiger partial charge in [-0.05, 0) is 36.1 Å². The van der Waals surface area contributed by atoms with E-state index in [2.05, 4.69) is 43.8 Å². The van der Waals surface area contributed by atoms with Crippen molar-refractivity contribution in [2.24, 2.45) is 0 Å². The molecular weight excluding hydrogens is 666 g/mol. The number of nitrogens with zero attached hydrogens (tertiary/aromatic N) is 6. The highest BCUT2D eigenvalue weighted by Crippen LogP contribution is 2.41. The van der Waals surface area contributed by atoms with Gasteiger partial charge in [-0.2, -0.15) is 9.97 Å². The Hall–Kier alpha value is -6.58. The van der Waals surface area contributed by atoms with Crippen LogP contribution in [0.1, 0.15) is 61.0 Å². The number of hydrogen-bond acceptors (Lipinski definition) is 15. The first-order valence-electron chi connectivity index (χ1n) is 16.1. The first kappa shape index (κ1) is 38.2. The van der Waals surface area contributed by atoms with Crippen molar-refractivity contribution in [2.45, 2.75) is 39.5 Å². The Kier molecular flexibility index (Phi) is 12.4. The molecule has 0 bridgehead atoms. The Morgan fingerprint density at radius 1 is 0.731 bits per heavy atom. The number of nitrogens with two attached hydrogens (primary N) is 4. The molecule has 0 atom stereocenters. The number of nitrogen functional groups attached to an aromatic ring is 4. The van der Waals surface area contributed by atoms with Crippen LogP contribution in [-0.2, 0) is 0 Å². The maximum Gasteiger partial charge on any atom is 0.222 e. The van der Waals surface area contributed by atoms with Gasteiger partial charge in [-0.25, -0.2) is 15.0 Å². The quantitative estimate of drug-likeness (QED) is 0.0761. The molecule has 16 heteroatoms. The molecule has 0 aliphatic carbocycles. The van der Waals surface area contributed by atoms with Crippen LogP contribution in [0.5, 0.6) is 34.5 Å². The average molecular weight is 712 g/mol. The number of carbonyl (C=O) groups excluding carboxylic acids is 1. The highest BCUT2D eigenvalue weighted by atomic mass is 16.5. The molecule has 3 heterocycles. The van der Waals surface area contributed by atoms with Crippen LogP contribution in [-0.4, -0.2) is 68.9 Å². The summed E-state index contributed by atoms with van der Waals surface area (Å²) in [6.07, 6.45) is 9.33. The number of methoxy groups -OCH3 is 2. The van der Waals surface area contributed by atoms with E-state index in [-0.39, 0.29) is 46.9 Å². The number of benzene rings is 2. The number of allylic oxidation sites excluding steroid dienone is 1. The van der Waals surface area contributed by atoms with E-state index in [1.54, 1.807) is 42.9 Å². The zero-order valence-corrected chi connectivity index (χ0v) is 30.5. The molecule has 5 rings (SSSR count). The Bertz CT molecular complexity index is 2030. The first-order valence-corrected chi connectivity index (χ1v) is 16.1. The van der Waals surface area contributed by atoms with Gasteiger partial charge in [0.15, 0.2) is 28.9 Å². The van der Waals surface area contributed by atoms with Crippen LogP contribution in [0.2, 0.25) is 0 Å². The van der Waals surface area contributed by atoms with Gasteiger partial charge in [0.1, 0.15) is 23.0 Å². The molecule has 274 valence electrons. The molecule has 52 heavy (non-hydrogen) atoms. The second-order valence-electron chi connectivity index (χ2n) is 12.3. The van der Waals surface area contributed by atoms with Crippen LogP contribution >= 0.6 is 0 Å². The number of imidazole rings is 1. The number of aromatic amines is 1. The van der Waals surface area contributed by atoms with E-state index in [9.17, 15) is 4.79 Å². The summed E-state index contributed by atoms with van der Waals surface area (Å²) >= 11 is 0. The van der Waals surface area contributed by atoms with Gasteiger partial charge < -0.3 is 51.8 Å². The molecule has 5 aromatic rings. The van der Waals surface area contributed by atoms with Gasteiger partial charge in [0.25, 0.3) is 0 Å². The summed E-state index contributed by atoms with van der Waals surface area (Å²) in [6, 6.07) is 7.28. The van der Waals surface area contributed by atoms with Gasteiger partial charge in [-0.15, -0.1) is 0 Å². The molecule has 0 saturated carbocycles. The van der Waals surface area contributed by atoms with E-state index in [0.717, 1.165) is 28.1 Å². The van der Waals surface area contributed by atoms with Crippen molar-refractivity contribution < 1.29 is 23.7 Å². The zero-order chi connectivity index (χ0) is 38.1. The molecular formula is C36H45N11O5. The summed E-state index contributed by atoms with van der Waals surface area (Å²) < 4.78 is 22.9. The van der Waals surface area contributed by atoms with Gasteiger partial charge in [-0.3, -0.25) is 4.79 Å². The molecule has 9 N–H and O–H groups in total. The van der Waals surface area contributed by atoms with Crippen molar-refractivity contribution in [1.82, 2.24) is 34.8 Å². The number of ketones is 1. The standard InChI is InChI=1S/C19H25N5O3.C17H20N6O2/c1-11(2)12-8-15(26-5)13(14(25)6-7-24(3)4)9-16(12)27-17-10-22-19(21)23-18(17)20;1-9(2)10-4-13(24-3)11(12-6-20-8-22-12)5-14(10)25-15-7-21-17(19)23-16(15)18/h6-11H,1-5H3,(H4,20,21,22,23);4-9H,1-3H3,(H,20,22)(H4,18,19,21,23)/b7-6+;. The van der Waals surface area contributed by atoms with Crippen LogP contribution in [0, 0.1) is 0 Å². The molecule has 3 aromatic heterocycles. The lowest BCUT2D eigenvalue weighted by molar-refractivity contribution is 0.104. The molecule has 0 unspecified atom stereocenters. The molecule has 0 amide bonds. The maximum absolute atomic E-state index is 12.6. The summed E-state index contributed by atoms with van der Waals surface area (Å²) in [7, 11) is 6.83. The van der Waals surface area contributed by atoms with Crippen LogP contribution < -0.4 is 41.9 Å². The smallest absolute Gasteiger partial charge is 0.222 e. The number of carbonyl (C=O) groups is 1. The van der Waals surface area contributed by atoms with Crippen LogP contribution in [0.4, 0.5) is 23.5 Å². The van der Waals surface area contributed by atoms with Crippen molar-refractivity contribution in [3.63, 3.8) is 0 Å². The van der Waals surface area contributed by atoms with E-state index in [1.807, 2.05) is 40.1 Å². The normalized spacial score (nSPS) is 11.0. The summed E-state index contributed by atoms with van der Waals surface area (Å²) in [4.78, 5) is 37.2. The van der Waals surface area contributed by atoms with Crippen molar-refractivity contribution in [2.75, 3.05) is 51.2 Å². The number of ether oxygens (including phenoxy) is 4. The van der Waals surface area contributed by atoms with Crippen LogP contribution in [0.15, 0.2) is 61.5 Å².